The van der Waals surface area contributed by atoms with Gasteiger partial charge in [0, 0.05) is 12.6 Å². The molecule has 0 spiro atoms. The van der Waals surface area contributed by atoms with Gasteiger partial charge in [0.25, 0.3) is 0 Å². The molecule has 0 radical (unpaired) electrons. The van der Waals surface area contributed by atoms with Crippen LogP contribution in [-0.2, 0) is 4.79 Å². The molecule has 0 aliphatic carbocycles. The molecule has 1 saturated heterocycles. The van der Waals surface area contributed by atoms with Gasteiger partial charge in [-0.3, -0.25) is 4.79 Å². The van der Waals surface area contributed by atoms with Gasteiger partial charge in [-0.2, -0.15) is 0 Å². The number of hydrogen-bond acceptors (Lipinski definition) is 1. The first-order chi connectivity index (χ1) is 7.93. The van der Waals surface area contributed by atoms with Crippen molar-refractivity contribution in [2.45, 2.75) is 11.2 Å². The van der Waals surface area contributed by atoms with Gasteiger partial charge in [-0.25, -0.2) is 17.6 Å². The molecule has 17 heavy (non-hydrogen) atoms. The molecule has 1 atom stereocenters. The van der Waals surface area contributed by atoms with Crippen LogP contribution in [-0.4, -0.2) is 17.3 Å². The normalized spacial score (nSPS) is 20.2. The lowest BCUT2D eigenvalue weighted by Gasteiger charge is -2.18. The van der Waals surface area contributed by atoms with E-state index in [0.29, 0.717) is 11.3 Å². The van der Waals surface area contributed by atoms with Crippen LogP contribution in [0.4, 0.5) is 23.2 Å². The zero-order valence-electron chi connectivity index (χ0n) is 8.31. The van der Waals surface area contributed by atoms with Crippen LogP contribution in [0.5, 0.6) is 0 Å². The molecule has 1 amide bonds. The van der Waals surface area contributed by atoms with Gasteiger partial charge in [0.2, 0.25) is 5.91 Å². The molecule has 1 fully saturated rings. The Kier molecular flexibility index (Phi) is 3.11. The van der Waals surface area contributed by atoms with Gasteiger partial charge in [-0.1, -0.05) is 15.9 Å². The van der Waals surface area contributed by atoms with E-state index in [4.69, 9.17) is 0 Å². The Morgan fingerprint density at radius 3 is 2.12 bits per heavy atom. The minimum atomic E-state index is -1.56. The molecule has 1 aliphatic rings. The van der Waals surface area contributed by atoms with Crippen LogP contribution in [0.2, 0.25) is 0 Å². The lowest BCUT2D eigenvalue weighted by Crippen LogP contribution is -2.29. The van der Waals surface area contributed by atoms with Crippen LogP contribution in [0.15, 0.2) is 6.07 Å². The summed E-state index contributed by atoms with van der Waals surface area (Å²) < 4.78 is 52.7. The van der Waals surface area contributed by atoms with Crippen LogP contribution in [0.25, 0.3) is 0 Å². The summed E-state index contributed by atoms with van der Waals surface area (Å²) in [6.45, 7) is 0.00544. The van der Waals surface area contributed by atoms with E-state index in [1.54, 1.807) is 0 Å². The van der Waals surface area contributed by atoms with Gasteiger partial charge in [0.05, 0.1) is 4.83 Å². The zero-order chi connectivity index (χ0) is 12.7. The van der Waals surface area contributed by atoms with Crippen LogP contribution in [0.1, 0.15) is 6.42 Å². The molecular formula is C10H6BrF4NO. The summed E-state index contributed by atoms with van der Waals surface area (Å²) in [5, 5.41) is 0. The van der Waals surface area contributed by atoms with E-state index in [0.717, 1.165) is 0 Å². The SMILES string of the molecule is O=C1C(Br)CCN1c1c(F)c(F)cc(F)c1F. The van der Waals surface area contributed by atoms with E-state index >= 15 is 0 Å². The van der Waals surface area contributed by atoms with E-state index < -0.39 is 39.7 Å². The summed E-state index contributed by atoms with van der Waals surface area (Å²) in [5.41, 5.74) is -0.963. The standard InChI is InChI=1S/C10H6BrF4NO/c11-4-1-2-16(10(4)17)9-7(14)5(12)3-6(13)8(9)15/h3-4H,1-2H2. The second-order valence-electron chi connectivity index (χ2n) is 3.56. The van der Waals surface area contributed by atoms with Crippen molar-refractivity contribution in [1.82, 2.24) is 0 Å². The summed E-state index contributed by atoms with van der Waals surface area (Å²) in [5.74, 6) is -6.78. The Hall–Kier alpha value is -1.11. The highest BCUT2D eigenvalue weighted by atomic mass is 79.9. The summed E-state index contributed by atoms with van der Waals surface area (Å²) >= 11 is 3.00. The molecule has 0 aromatic heterocycles. The second kappa shape index (κ2) is 4.29. The van der Waals surface area contributed by atoms with Gasteiger partial charge in [0.15, 0.2) is 23.3 Å². The average Bonchev–Trinajstić information content (AvgIpc) is 2.59. The third kappa shape index (κ3) is 1.92. The van der Waals surface area contributed by atoms with Crippen LogP contribution < -0.4 is 4.90 Å². The number of nitrogens with zero attached hydrogens (tertiary/aromatic N) is 1. The van der Waals surface area contributed by atoms with Crippen LogP contribution in [0, 0.1) is 23.3 Å². The number of hydrogen-bond donors (Lipinski definition) is 0. The van der Waals surface area contributed by atoms with Gasteiger partial charge >= 0.3 is 0 Å². The third-order valence-electron chi connectivity index (χ3n) is 2.50. The molecular weight excluding hydrogens is 306 g/mol. The number of amides is 1. The molecule has 1 aromatic carbocycles. The van der Waals surface area contributed by atoms with Gasteiger partial charge < -0.3 is 4.90 Å². The summed E-state index contributed by atoms with van der Waals surface area (Å²) in [4.78, 5) is 11.6. The molecule has 7 heteroatoms. The minimum absolute atomic E-state index is 0.00544. The fourth-order valence-electron chi connectivity index (χ4n) is 1.66. The van der Waals surface area contributed by atoms with E-state index in [1.807, 2.05) is 0 Å². The van der Waals surface area contributed by atoms with E-state index in [-0.39, 0.29) is 12.6 Å². The molecule has 92 valence electrons. The van der Waals surface area contributed by atoms with Gasteiger partial charge in [-0.15, -0.1) is 0 Å². The molecule has 0 saturated carbocycles. The molecule has 2 rings (SSSR count). The molecule has 2 nitrogen and oxygen atoms in total. The number of alkyl halides is 1. The Morgan fingerprint density at radius 2 is 1.71 bits per heavy atom. The van der Waals surface area contributed by atoms with Crippen molar-refractivity contribution < 1.29 is 22.4 Å². The smallest absolute Gasteiger partial charge is 0.240 e. The van der Waals surface area contributed by atoms with Crippen molar-refractivity contribution >= 4 is 27.5 Å². The molecule has 1 aliphatic heterocycles. The lowest BCUT2D eigenvalue weighted by molar-refractivity contribution is -0.116. The Balaban J connectivity index is 2.56. The van der Waals surface area contributed by atoms with Crippen LogP contribution >= 0.6 is 15.9 Å². The van der Waals surface area contributed by atoms with E-state index in [9.17, 15) is 22.4 Å². The lowest BCUT2D eigenvalue weighted by atomic mass is 10.2. The third-order valence-corrected chi connectivity index (χ3v) is 3.35. The maximum atomic E-state index is 13.4. The van der Waals surface area contributed by atoms with Gasteiger partial charge in [-0.05, 0) is 6.42 Å². The summed E-state index contributed by atoms with van der Waals surface area (Å²) in [6, 6.07) is 0.111. The molecule has 0 bridgehead atoms. The Morgan fingerprint density at radius 1 is 1.18 bits per heavy atom. The van der Waals surface area contributed by atoms with Crippen molar-refractivity contribution in [1.29, 1.82) is 0 Å². The van der Waals surface area contributed by atoms with Gasteiger partial charge in [0.1, 0.15) is 5.69 Å². The fraction of sp³-hybridized carbons (Fsp3) is 0.300. The highest BCUT2D eigenvalue weighted by Crippen LogP contribution is 2.32. The van der Waals surface area contributed by atoms with Crippen molar-refractivity contribution in [2.24, 2.45) is 0 Å². The highest BCUT2D eigenvalue weighted by Gasteiger charge is 2.35. The minimum Gasteiger partial charge on any atom is -0.306 e. The van der Waals surface area contributed by atoms with Crippen LogP contribution in [0.3, 0.4) is 0 Å². The molecule has 1 heterocycles. The molecule has 1 unspecified atom stereocenters. The largest absolute Gasteiger partial charge is 0.306 e. The number of carbonyl (C=O) groups excluding carboxylic acids is 1. The van der Waals surface area contributed by atoms with Crippen molar-refractivity contribution in [2.75, 3.05) is 11.4 Å². The predicted octanol–water partition coefficient (Wildman–Crippen LogP) is 2.74. The first-order valence-electron chi connectivity index (χ1n) is 4.72. The summed E-state index contributed by atoms with van der Waals surface area (Å²) in [7, 11) is 0. The van der Waals surface area contributed by atoms with Crippen molar-refractivity contribution in [3.05, 3.63) is 29.3 Å². The Labute approximate surface area is 102 Å². The second-order valence-corrected chi connectivity index (χ2v) is 4.67. The van der Waals surface area contributed by atoms with Crippen molar-refractivity contribution in [3.8, 4) is 0 Å². The first-order valence-corrected chi connectivity index (χ1v) is 5.63. The maximum Gasteiger partial charge on any atom is 0.240 e. The highest BCUT2D eigenvalue weighted by molar-refractivity contribution is 9.10. The topological polar surface area (TPSA) is 20.3 Å². The quantitative estimate of drug-likeness (QED) is 0.444. The number of carbonyl (C=O) groups is 1. The zero-order valence-corrected chi connectivity index (χ0v) is 9.90. The first kappa shape index (κ1) is 12.3. The Bertz CT molecular complexity index is 467. The fourth-order valence-corrected chi connectivity index (χ4v) is 2.12. The number of benzene rings is 1. The number of rotatable bonds is 1. The van der Waals surface area contributed by atoms with E-state index in [1.165, 1.54) is 0 Å². The van der Waals surface area contributed by atoms with E-state index in [2.05, 4.69) is 15.9 Å². The molecule has 1 aromatic rings. The monoisotopic (exact) mass is 311 g/mol. The summed E-state index contributed by atoms with van der Waals surface area (Å²) in [6.07, 6.45) is 0.315. The number of halogens is 5. The maximum absolute atomic E-state index is 13.4. The van der Waals surface area contributed by atoms with Crippen molar-refractivity contribution in [3.63, 3.8) is 0 Å². The average molecular weight is 312 g/mol. The number of anilines is 1. The predicted molar refractivity (Wildman–Crippen MR) is 56.0 cm³/mol. The molecule has 0 N–H and O–H groups in total.